The zero-order valence-electron chi connectivity index (χ0n) is 10.3. The average Bonchev–Trinajstić information content (AvgIpc) is 3.03. The SMILES string of the molecule is CCCNc1nc(-n2cc(I)cn2)c2[nH]cnc2n1. The van der Waals surface area contributed by atoms with Gasteiger partial charge < -0.3 is 10.3 Å². The third-order valence-corrected chi connectivity index (χ3v) is 3.12. The molecule has 3 rings (SSSR count). The van der Waals surface area contributed by atoms with E-state index in [1.807, 2.05) is 6.20 Å². The van der Waals surface area contributed by atoms with Gasteiger partial charge in [0, 0.05) is 12.7 Å². The minimum atomic E-state index is 0.571. The fourth-order valence-electron chi connectivity index (χ4n) is 1.72. The van der Waals surface area contributed by atoms with Gasteiger partial charge in [0.05, 0.1) is 16.1 Å². The summed E-state index contributed by atoms with van der Waals surface area (Å²) in [4.78, 5) is 16.1. The lowest BCUT2D eigenvalue weighted by Crippen LogP contribution is -2.08. The lowest BCUT2D eigenvalue weighted by Gasteiger charge is -2.06. The normalized spacial score (nSPS) is 11.1. The summed E-state index contributed by atoms with van der Waals surface area (Å²) in [6.07, 6.45) is 6.31. The molecular weight excluding hydrogens is 357 g/mol. The first kappa shape index (κ1) is 12.3. The number of fused-ring (bicyclic) bond motifs is 1. The first-order valence-corrected chi connectivity index (χ1v) is 7.01. The van der Waals surface area contributed by atoms with Gasteiger partial charge in [-0.2, -0.15) is 15.1 Å². The molecule has 0 bridgehead atoms. The Labute approximate surface area is 123 Å². The average molecular weight is 369 g/mol. The number of anilines is 1. The van der Waals surface area contributed by atoms with E-state index < -0.39 is 0 Å². The van der Waals surface area contributed by atoms with Gasteiger partial charge in [0.1, 0.15) is 5.52 Å². The first-order chi connectivity index (χ1) is 9.28. The van der Waals surface area contributed by atoms with Crippen molar-refractivity contribution in [1.82, 2.24) is 29.7 Å². The molecular formula is C11H12IN7. The van der Waals surface area contributed by atoms with Crippen LogP contribution in [0.3, 0.4) is 0 Å². The molecule has 0 aromatic carbocycles. The van der Waals surface area contributed by atoms with Crippen LogP contribution in [0.15, 0.2) is 18.7 Å². The summed E-state index contributed by atoms with van der Waals surface area (Å²) >= 11 is 2.21. The summed E-state index contributed by atoms with van der Waals surface area (Å²) in [5, 5.41) is 7.45. The Balaban J connectivity index is 2.12. The largest absolute Gasteiger partial charge is 0.354 e. The Kier molecular flexibility index (Phi) is 3.32. The van der Waals surface area contributed by atoms with Crippen molar-refractivity contribution in [3.8, 4) is 5.82 Å². The third-order valence-electron chi connectivity index (χ3n) is 2.57. The highest BCUT2D eigenvalue weighted by Gasteiger charge is 2.12. The molecule has 3 aromatic heterocycles. The van der Waals surface area contributed by atoms with Gasteiger partial charge in [0.2, 0.25) is 5.95 Å². The van der Waals surface area contributed by atoms with Crippen LogP contribution in [0.25, 0.3) is 17.0 Å². The summed E-state index contributed by atoms with van der Waals surface area (Å²) in [6.45, 7) is 2.92. The topological polar surface area (TPSA) is 84.3 Å². The van der Waals surface area contributed by atoms with Crippen molar-refractivity contribution < 1.29 is 0 Å². The zero-order chi connectivity index (χ0) is 13.2. The highest BCUT2D eigenvalue weighted by Crippen LogP contribution is 2.18. The quantitative estimate of drug-likeness (QED) is 0.687. The summed E-state index contributed by atoms with van der Waals surface area (Å²) in [7, 11) is 0. The molecule has 3 heterocycles. The van der Waals surface area contributed by atoms with E-state index in [4.69, 9.17) is 0 Å². The molecule has 0 saturated carbocycles. The van der Waals surface area contributed by atoms with E-state index in [0.29, 0.717) is 17.4 Å². The Morgan fingerprint density at radius 1 is 1.42 bits per heavy atom. The number of aromatic amines is 1. The van der Waals surface area contributed by atoms with Gasteiger partial charge in [-0.15, -0.1) is 0 Å². The maximum Gasteiger partial charge on any atom is 0.226 e. The molecule has 2 N–H and O–H groups in total. The fraction of sp³-hybridized carbons (Fsp3) is 0.273. The summed E-state index contributed by atoms with van der Waals surface area (Å²) in [6, 6.07) is 0. The second-order valence-corrected chi connectivity index (χ2v) is 5.25. The van der Waals surface area contributed by atoms with Crippen molar-refractivity contribution >= 4 is 39.7 Å². The highest BCUT2D eigenvalue weighted by atomic mass is 127. The van der Waals surface area contributed by atoms with Crippen molar-refractivity contribution in [2.75, 3.05) is 11.9 Å². The predicted molar refractivity (Wildman–Crippen MR) is 80.3 cm³/mol. The number of hydrogen-bond acceptors (Lipinski definition) is 5. The number of hydrogen-bond donors (Lipinski definition) is 2. The minimum Gasteiger partial charge on any atom is -0.354 e. The smallest absolute Gasteiger partial charge is 0.226 e. The van der Waals surface area contributed by atoms with E-state index in [1.54, 1.807) is 17.2 Å². The molecule has 0 aliphatic carbocycles. The van der Waals surface area contributed by atoms with Crippen LogP contribution in [0.2, 0.25) is 0 Å². The Hall–Kier alpha value is -1.71. The highest BCUT2D eigenvalue weighted by molar-refractivity contribution is 14.1. The molecule has 0 atom stereocenters. The van der Waals surface area contributed by atoms with Crippen LogP contribution in [0.4, 0.5) is 5.95 Å². The van der Waals surface area contributed by atoms with Crippen molar-refractivity contribution in [2.45, 2.75) is 13.3 Å². The van der Waals surface area contributed by atoms with Crippen molar-refractivity contribution in [3.63, 3.8) is 0 Å². The molecule has 8 heteroatoms. The molecule has 0 unspecified atom stereocenters. The molecule has 19 heavy (non-hydrogen) atoms. The van der Waals surface area contributed by atoms with Gasteiger partial charge in [-0.3, -0.25) is 0 Å². The Morgan fingerprint density at radius 3 is 3.05 bits per heavy atom. The number of nitrogens with zero attached hydrogens (tertiary/aromatic N) is 5. The fourth-order valence-corrected chi connectivity index (χ4v) is 2.10. The number of nitrogens with one attached hydrogen (secondary N) is 2. The van der Waals surface area contributed by atoms with Crippen LogP contribution >= 0.6 is 22.6 Å². The van der Waals surface area contributed by atoms with Gasteiger partial charge in [-0.05, 0) is 29.0 Å². The van der Waals surface area contributed by atoms with Gasteiger partial charge in [0.25, 0.3) is 0 Å². The standard InChI is InChI=1S/C11H12IN7/c1-2-3-13-11-17-9-8(14-6-15-9)10(18-11)19-5-7(12)4-16-19/h4-6H,2-3H2,1H3,(H2,13,14,15,17,18). The third kappa shape index (κ3) is 2.39. The monoisotopic (exact) mass is 369 g/mol. The van der Waals surface area contributed by atoms with Gasteiger partial charge in [0.15, 0.2) is 11.5 Å². The molecule has 0 spiro atoms. The Bertz CT molecular complexity index is 702. The lowest BCUT2D eigenvalue weighted by atomic mass is 10.4. The summed E-state index contributed by atoms with van der Waals surface area (Å²) in [5.41, 5.74) is 1.41. The van der Waals surface area contributed by atoms with Crippen LogP contribution in [0, 0.1) is 3.57 Å². The molecule has 0 fully saturated rings. The van der Waals surface area contributed by atoms with E-state index in [9.17, 15) is 0 Å². The van der Waals surface area contributed by atoms with Gasteiger partial charge >= 0.3 is 0 Å². The van der Waals surface area contributed by atoms with Crippen LogP contribution in [0.5, 0.6) is 0 Å². The van der Waals surface area contributed by atoms with E-state index >= 15 is 0 Å². The van der Waals surface area contributed by atoms with Crippen molar-refractivity contribution in [3.05, 3.63) is 22.3 Å². The minimum absolute atomic E-state index is 0.571. The zero-order valence-corrected chi connectivity index (χ0v) is 12.4. The lowest BCUT2D eigenvalue weighted by molar-refractivity contribution is 0.845. The van der Waals surface area contributed by atoms with E-state index in [-0.39, 0.29) is 0 Å². The maximum atomic E-state index is 4.50. The molecule has 3 aromatic rings. The second-order valence-electron chi connectivity index (χ2n) is 4.00. The molecule has 7 nitrogen and oxygen atoms in total. The van der Waals surface area contributed by atoms with Crippen LogP contribution < -0.4 is 5.32 Å². The molecule has 0 aliphatic rings. The van der Waals surface area contributed by atoms with Crippen LogP contribution in [-0.2, 0) is 0 Å². The van der Waals surface area contributed by atoms with Gasteiger partial charge in [-0.1, -0.05) is 6.92 Å². The van der Waals surface area contributed by atoms with Crippen LogP contribution in [-0.4, -0.2) is 36.3 Å². The second kappa shape index (κ2) is 5.11. The van der Waals surface area contributed by atoms with Crippen molar-refractivity contribution in [2.24, 2.45) is 0 Å². The van der Waals surface area contributed by atoms with Crippen LogP contribution in [0.1, 0.15) is 13.3 Å². The molecule has 98 valence electrons. The summed E-state index contributed by atoms with van der Waals surface area (Å²) < 4.78 is 2.77. The first-order valence-electron chi connectivity index (χ1n) is 5.93. The number of aromatic nitrogens is 6. The molecule has 0 aliphatic heterocycles. The Morgan fingerprint density at radius 2 is 2.32 bits per heavy atom. The number of rotatable bonds is 4. The van der Waals surface area contributed by atoms with E-state index in [2.05, 4.69) is 59.9 Å². The molecule has 0 amide bonds. The summed E-state index contributed by atoms with van der Waals surface area (Å²) in [5.74, 6) is 1.27. The van der Waals surface area contributed by atoms with Crippen molar-refractivity contribution in [1.29, 1.82) is 0 Å². The van der Waals surface area contributed by atoms with Gasteiger partial charge in [-0.25, -0.2) is 9.67 Å². The maximum absolute atomic E-state index is 4.50. The number of halogens is 1. The number of imidazole rings is 1. The van der Waals surface area contributed by atoms with E-state index in [0.717, 1.165) is 22.1 Å². The molecule has 0 radical (unpaired) electrons. The molecule has 0 saturated heterocycles. The number of H-pyrrole nitrogens is 1. The van der Waals surface area contributed by atoms with E-state index in [1.165, 1.54) is 0 Å². The predicted octanol–water partition coefficient (Wildman–Crippen LogP) is 1.97.